The molecule has 0 aromatic heterocycles. The summed E-state index contributed by atoms with van der Waals surface area (Å²) in [6.07, 6.45) is 9.82. The fourth-order valence-corrected chi connectivity index (χ4v) is 5.32. The summed E-state index contributed by atoms with van der Waals surface area (Å²) in [5.74, 6) is 0.107. The molecule has 0 unspecified atom stereocenters. The summed E-state index contributed by atoms with van der Waals surface area (Å²) >= 11 is 0. The number of rotatable bonds is 16. The van der Waals surface area contributed by atoms with E-state index in [9.17, 15) is 14.9 Å². The van der Waals surface area contributed by atoms with Gasteiger partial charge in [-0.2, -0.15) is 0 Å². The monoisotopic (exact) mass is 608 g/mol. The van der Waals surface area contributed by atoms with Crippen molar-refractivity contribution >= 4 is 17.3 Å². The van der Waals surface area contributed by atoms with E-state index < -0.39 is 10.9 Å². The van der Waals surface area contributed by atoms with E-state index in [2.05, 4.69) is 38.1 Å². The van der Waals surface area contributed by atoms with Gasteiger partial charge in [0.05, 0.1) is 16.6 Å². The molecule has 0 bridgehead atoms. The minimum Gasteiger partial charge on any atom is -0.484 e. The van der Waals surface area contributed by atoms with Gasteiger partial charge < -0.3 is 15.2 Å². The first-order chi connectivity index (χ1) is 21.8. The Morgan fingerprint density at radius 2 is 1.40 bits per heavy atom. The summed E-state index contributed by atoms with van der Waals surface area (Å²) in [6, 6.07) is 25.7. The van der Waals surface area contributed by atoms with E-state index >= 15 is 0 Å². The van der Waals surface area contributed by atoms with Crippen molar-refractivity contribution < 1.29 is 19.2 Å². The lowest BCUT2D eigenvalue weighted by atomic mass is 10.0. The van der Waals surface area contributed by atoms with Crippen molar-refractivity contribution in [2.45, 2.75) is 84.7 Å². The molecular weight excluding hydrogens is 564 g/mol. The number of hydrogen-bond donors (Lipinski definition) is 1. The number of ether oxygens (including phenoxy) is 2. The average Bonchev–Trinajstić information content (AvgIpc) is 3.04. The average molecular weight is 609 g/mol. The van der Waals surface area contributed by atoms with Crippen molar-refractivity contribution in [1.29, 1.82) is 0 Å². The van der Waals surface area contributed by atoms with Crippen molar-refractivity contribution in [2.24, 2.45) is 0 Å². The molecule has 0 aliphatic rings. The van der Waals surface area contributed by atoms with E-state index in [0.717, 1.165) is 49.7 Å². The highest BCUT2D eigenvalue weighted by molar-refractivity contribution is 5.92. The number of esters is 1. The fraction of sp³-hybridized carbons (Fsp3) is 0.342. The predicted octanol–water partition coefficient (Wildman–Crippen LogP) is 10.2. The maximum Gasteiger partial charge on any atom is 0.343 e. The number of anilines is 1. The number of nitrogens with zero attached hydrogens (tertiary/aromatic N) is 1. The number of aryl methyl sites for hydroxylation is 1. The molecule has 7 heteroatoms. The maximum atomic E-state index is 12.9. The third-order valence-electron chi connectivity index (χ3n) is 7.97. The molecule has 0 aliphatic carbocycles. The molecule has 0 fully saturated rings. The lowest BCUT2D eigenvalue weighted by Crippen LogP contribution is -2.13. The number of nitrogens with two attached hydrogens (primary N) is 1. The first-order valence-corrected chi connectivity index (χ1v) is 16.1. The second-order valence-electron chi connectivity index (χ2n) is 11.6. The van der Waals surface area contributed by atoms with Crippen molar-refractivity contribution in [3.63, 3.8) is 0 Å². The quantitative estimate of drug-likeness (QED) is 0.0339. The summed E-state index contributed by atoms with van der Waals surface area (Å²) < 4.78 is 11.5. The molecule has 4 aromatic carbocycles. The summed E-state index contributed by atoms with van der Waals surface area (Å²) in [7, 11) is 0. The van der Waals surface area contributed by atoms with Crippen LogP contribution in [0.4, 0.5) is 11.4 Å². The molecule has 4 rings (SSSR count). The topological polar surface area (TPSA) is 105 Å². The van der Waals surface area contributed by atoms with Crippen LogP contribution in [0.2, 0.25) is 0 Å². The third kappa shape index (κ3) is 9.42. The highest BCUT2D eigenvalue weighted by atomic mass is 16.6. The minimum atomic E-state index is -0.499. The van der Waals surface area contributed by atoms with Crippen molar-refractivity contribution in [3.05, 3.63) is 106 Å². The van der Waals surface area contributed by atoms with Gasteiger partial charge in [-0.15, -0.1) is 0 Å². The molecule has 0 radical (unpaired) electrons. The van der Waals surface area contributed by atoms with E-state index in [1.807, 2.05) is 19.1 Å². The minimum absolute atomic E-state index is 0.144. The molecule has 0 saturated heterocycles. The van der Waals surface area contributed by atoms with Gasteiger partial charge in [-0.3, -0.25) is 10.1 Å². The van der Waals surface area contributed by atoms with Crippen LogP contribution >= 0.6 is 0 Å². The van der Waals surface area contributed by atoms with Crippen LogP contribution in [-0.4, -0.2) is 17.0 Å². The molecule has 2 N–H and O–H groups in total. The van der Waals surface area contributed by atoms with Crippen LogP contribution in [0.1, 0.15) is 88.1 Å². The molecular formula is C38H44N2O5. The Hall–Kier alpha value is -4.65. The number of carbonyl (C=O) groups excluding carboxylic acids is 1. The van der Waals surface area contributed by atoms with Gasteiger partial charge in [0.1, 0.15) is 5.75 Å². The predicted molar refractivity (Wildman–Crippen MR) is 182 cm³/mol. The lowest BCUT2D eigenvalue weighted by Gasteiger charge is -2.16. The largest absolute Gasteiger partial charge is 0.484 e. The number of carbonyl (C=O) groups is 1. The van der Waals surface area contributed by atoms with Crippen LogP contribution in [-0.2, 0) is 6.42 Å². The smallest absolute Gasteiger partial charge is 0.343 e. The van der Waals surface area contributed by atoms with Crippen molar-refractivity contribution in [1.82, 2.24) is 0 Å². The Balaban J connectivity index is 1.40. The zero-order chi connectivity index (χ0) is 32.2. The Morgan fingerprint density at radius 3 is 2.02 bits per heavy atom. The molecule has 0 amide bonds. The Bertz CT molecular complexity index is 1550. The zero-order valence-corrected chi connectivity index (χ0v) is 26.6. The fourth-order valence-electron chi connectivity index (χ4n) is 5.32. The van der Waals surface area contributed by atoms with Crippen LogP contribution in [0.3, 0.4) is 0 Å². The Morgan fingerprint density at radius 1 is 0.800 bits per heavy atom. The van der Waals surface area contributed by atoms with E-state index in [0.29, 0.717) is 28.1 Å². The molecule has 0 spiro atoms. The highest BCUT2D eigenvalue weighted by Gasteiger charge is 2.21. The zero-order valence-electron chi connectivity index (χ0n) is 26.6. The van der Waals surface area contributed by atoms with Gasteiger partial charge in [-0.1, -0.05) is 94.5 Å². The molecule has 236 valence electrons. The van der Waals surface area contributed by atoms with E-state index in [1.54, 1.807) is 36.4 Å². The van der Waals surface area contributed by atoms with Crippen LogP contribution < -0.4 is 15.2 Å². The van der Waals surface area contributed by atoms with Gasteiger partial charge in [0.25, 0.3) is 0 Å². The Kier molecular flexibility index (Phi) is 12.1. The van der Waals surface area contributed by atoms with E-state index in [1.165, 1.54) is 37.0 Å². The molecule has 0 aliphatic heterocycles. The van der Waals surface area contributed by atoms with E-state index in [-0.39, 0.29) is 17.5 Å². The summed E-state index contributed by atoms with van der Waals surface area (Å²) in [5, 5.41) is 11.9. The first-order valence-electron chi connectivity index (χ1n) is 16.1. The first kappa shape index (κ1) is 33.2. The molecule has 4 aromatic rings. The van der Waals surface area contributed by atoms with Crippen molar-refractivity contribution in [2.75, 3.05) is 5.73 Å². The third-order valence-corrected chi connectivity index (χ3v) is 7.97. The van der Waals surface area contributed by atoms with Crippen LogP contribution in [0.15, 0.2) is 84.9 Å². The summed E-state index contributed by atoms with van der Waals surface area (Å²) in [4.78, 5) is 24.3. The second-order valence-corrected chi connectivity index (χ2v) is 11.6. The molecule has 0 heterocycles. The van der Waals surface area contributed by atoms with Crippen LogP contribution in [0, 0.1) is 10.1 Å². The second kappa shape index (κ2) is 16.4. The van der Waals surface area contributed by atoms with Gasteiger partial charge >= 0.3 is 11.7 Å². The Labute approximate surface area is 266 Å². The number of nitro benzene ring substituents is 1. The maximum absolute atomic E-state index is 12.9. The SMILES string of the molecule is CCCCCC[C@@H](C)Oc1cc(N)c(-c2ccc(C(=O)Oc3ccc(-c4ccc(CCCCC)cc4)cc3)cc2)cc1[N+](=O)[O-]. The van der Waals surface area contributed by atoms with E-state index in [4.69, 9.17) is 15.2 Å². The standard InChI is InChI=1S/C38H44N2O5/c1-4-6-8-10-11-27(3)44-37-26-35(39)34(25-36(37)40(42)43)31-17-19-32(20-18-31)38(41)45-33-23-21-30(22-24-33)29-15-13-28(14-16-29)12-9-7-5-2/h13-27H,4-12,39H2,1-3H3/t27-/m1/s1. The number of nitrogen functional groups attached to an aromatic ring is 1. The van der Waals surface area contributed by atoms with Gasteiger partial charge in [0.15, 0.2) is 5.75 Å². The van der Waals surface area contributed by atoms with Crippen LogP contribution in [0.25, 0.3) is 22.3 Å². The van der Waals surface area contributed by atoms with Gasteiger partial charge in [-0.05, 0) is 79.1 Å². The van der Waals surface area contributed by atoms with Crippen molar-refractivity contribution in [3.8, 4) is 33.8 Å². The number of hydrogen-bond acceptors (Lipinski definition) is 6. The number of benzene rings is 4. The normalized spacial score (nSPS) is 11.6. The number of nitro groups is 1. The lowest BCUT2D eigenvalue weighted by molar-refractivity contribution is -0.386. The molecule has 1 atom stereocenters. The highest BCUT2D eigenvalue weighted by Crippen LogP contribution is 2.38. The van der Waals surface area contributed by atoms with Gasteiger partial charge in [0, 0.05) is 23.4 Å². The molecule has 7 nitrogen and oxygen atoms in total. The summed E-state index contributed by atoms with van der Waals surface area (Å²) in [6.45, 7) is 6.28. The molecule has 0 saturated carbocycles. The van der Waals surface area contributed by atoms with Crippen LogP contribution in [0.5, 0.6) is 11.5 Å². The van der Waals surface area contributed by atoms with Gasteiger partial charge in [0.2, 0.25) is 0 Å². The summed E-state index contributed by atoms with van der Waals surface area (Å²) in [5.41, 5.74) is 11.5. The van der Waals surface area contributed by atoms with Gasteiger partial charge in [-0.25, -0.2) is 4.79 Å². The number of unbranched alkanes of at least 4 members (excludes halogenated alkanes) is 5. The molecule has 45 heavy (non-hydrogen) atoms.